The van der Waals surface area contributed by atoms with Crippen LogP contribution in [-0.4, -0.2) is 44.8 Å². The Kier molecular flexibility index (Phi) is 8.51. The van der Waals surface area contributed by atoms with Gasteiger partial charge in [0, 0.05) is 26.2 Å². The number of benzene rings is 1. The van der Waals surface area contributed by atoms with E-state index in [1.807, 2.05) is 7.05 Å². The van der Waals surface area contributed by atoms with Crippen molar-refractivity contribution < 1.29 is 4.74 Å². The second kappa shape index (κ2) is 9.92. The van der Waals surface area contributed by atoms with Gasteiger partial charge in [0.15, 0.2) is 0 Å². The highest BCUT2D eigenvalue weighted by Crippen LogP contribution is 2.12. The number of nitrogens with one attached hydrogen (secondary N) is 1. The first-order chi connectivity index (χ1) is 9.71. The number of methoxy groups -OCH3 is 1. The van der Waals surface area contributed by atoms with Crippen LogP contribution in [0.25, 0.3) is 0 Å². The lowest BCUT2D eigenvalue weighted by atomic mass is 10.1. The van der Waals surface area contributed by atoms with Crippen molar-refractivity contribution in [2.24, 2.45) is 0 Å². The Morgan fingerprint density at radius 2 is 1.85 bits per heavy atom. The first-order valence-electron chi connectivity index (χ1n) is 7.66. The van der Waals surface area contributed by atoms with Crippen molar-refractivity contribution in [1.82, 2.24) is 10.2 Å². The summed E-state index contributed by atoms with van der Waals surface area (Å²) in [6.07, 6.45) is 2.26. The number of rotatable bonds is 10. The summed E-state index contributed by atoms with van der Waals surface area (Å²) in [6, 6.07) is 9.60. The fraction of sp³-hybridized carbons (Fsp3) is 0.647. The van der Waals surface area contributed by atoms with Gasteiger partial charge in [0.2, 0.25) is 0 Å². The summed E-state index contributed by atoms with van der Waals surface area (Å²) < 4.78 is 5.22. The molecule has 3 nitrogen and oxygen atoms in total. The van der Waals surface area contributed by atoms with Gasteiger partial charge in [0.25, 0.3) is 0 Å². The smallest absolute Gasteiger partial charge is 0.0589 e. The Morgan fingerprint density at radius 3 is 2.40 bits per heavy atom. The lowest BCUT2D eigenvalue weighted by Gasteiger charge is -2.28. The van der Waals surface area contributed by atoms with E-state index >= 15 is 0 Å². The van der Waals surface area contributed by atoms with Gasteiger partial charge in [0.1, 0.15) is 0 Å². The summed E-state index contributed by atoms with van der Waals surface area (Å²) in [4.78, 5) is 2.49. The molecule has 1 aromatic carbocycles. The van der Waals surface area contributed by atoms with Gasteiger partial charge in [-0.2, -0.15) is 0 Å². The van der Waals surface area contributed by atoms with E-state index < -0.39 is 0 Å². The van der Waals surface area contributed by atoms with Crippen LogP contribution in [-0.2, 0) is 17.7 Å². The fourth-order valence-corrected chi connectivity index (χ4v) is 2.24. The van der Waals surface area contributed by atoms with E-state index in [4.69, 9.17) is 4.74 Å². The van der Waals surface area contributed by atoms with Crippen molar-refractivity contribution >= 4 is 0 Å². The Morgan fingerprint density at radius 1 is 1.20 bits per heavy atom. The van der Waals surface area contributed by atoms with Crippen molar-refractivity contribution in [3.05, 3.63) is 35.4 Å². The van der Waals surface area contributed by atoms with Crippen LogP contribution < -0.4 is 5.32 Å². The molecule has 0 aliphatic heterocycles. The van der Waals surface area contributed by atoms with E-state index in [2.05, 4.69) is 48.3 Å². The molecule has 0 radical (unpaired) electrons. The maximum Gasteiger partial charge on any atom is 0.0589 e. The first-order valence-corrected chi connectivity index (χ1v) is 7.66. The zero-order valence-electron chi connectivity index (χ0n) is 13.5. The second-order valence-corrected chi connectivity index (χ2v) is 5.39. The van der Waals surface area contributed by atoms with Crippen LogP contribution in [0.1, 0.15) is 31.4 Å². The third-order valence-corrected chi connectivity index (χ3v) is 3.87. The van der Waals surface area contributed by atoms with Crippen LogP contribution in [0.3, 0.4) is 0 Å². The molecule has 1 N–H and O–H groups in total. The van der Waals surface area contributed by atoms with Crippen LogP contribution in [0.15, 0.2) is 24.3 Å². The van der Waals surface area contributed by atoms with Gasteiger partial charge in [-0.3, -0.25) is 4.90 Å². The minimum absolute atomic E-state index is 0.592. The average Bonchev–Trinajstić information content (AvgIpc) is 2.49. The highest BCUT2D eigenvalue weighted by molar-refractivity contribution is 5.22. The summed E-state index contributed by atoms with van der Waals surface area (Å²) in [5.74, 6) is 0. The maximum atomic E-state index is 5.22. The lowest BCUT2D eigenvalue weighted by molar-refractivity contribution is 0.118. The molecule has 0 saturated heterocycles. The molecule has 0 aliphatic carbocycles. The molecule has 0 fully saturated rings. The highest BCUT2D eigenvalue weighted by Gasteiger charge is 2.12. The number of ether oxygens (including phenoxy) is 1. The molecule has 1 rings (SSSR count). The third-order valence-electron chi connectivity index (χ3n) is 3.87. The Balaban J connectivity index is 2.58. The highest BCUT2D eigenvalue weighted by atomic mass is 16.5. The predicted octanol–water partition coefficient (Wildman–Crippen LogP) is 2.70. The van der Waals surface area contributed by atoms with E-state index in [9.17, 15) is 0 Å². The molecule has 0 bridgehead atoms. The van der Waals surface area contributed by atoms with E-state index in [0.717, 1.165) is 32.7 Å². The maximum absolute atomic E-state index is 5.22. The van der Waals surface area contributed by atoms with Crippen LogP contribution in [0, 0.1) is 0 Å². The molecule has 114 valence electrons. The Hall–Kier alpha value is -0.900. The summed E-state index contributed by atoms with van der Waals surface area (Å²) in [7, 11) is 3.76. The quantitative estimate of drug-likeness (QED) is 0.712. The molecule has 1 atom stereocenters. The first kappa shape index (κ1) is 17.2. The molecule has 0 aliphatic rings. The molecule has 3 heteroatoms. The molecule has 0 spiro atoms. The summed E-state index contributed by atoms with van der Waals surface area (Å²) in [5.41, 5.74) is 2.78. The number of nitrogens with zero attached hydrogens (tertiary/aromatic N) is 1. The SMILES string of the molecule is CCC(C)N(CCOC)Cc1ccc(CCNC)cc1. The molecular weight excluding hydrogens is 248 g/mol. The molecule has 0 heterocycles. The van der Waals surface area contributed by atoms with Gasteiger partial charge in [-0.15, -0.1) is 0 Å². The van der Waals surface area contributed by atoms with Crippen LogP contribution in [0.4, 0.5) is 0 Å². The van der Waals surface area contributed by atoms with Crippen molar-refractivity contribution in [2.45, 2.75) is 39.3 Å². The van der Waals surface area contributed by atoms with E-state index in [0.29, 0.717) is 6.04 Å². The van der Waals surface area contributed by atoms with E-state index in [1.165, 1.54) is 17.5 Å². The van der Waals surface area contributed by atoms with E-state index in [-0.39, 0.29) is 0 Å². The second-order valence-electron chi connectivity index (χ2n) is 5.39. The summed E-state index contributed by atoms with van der Waals surface area (Å²) in [5, 5.41) is 3.19. The standard InChI is InChI=1S/C17H30N2O/c1-5-15(2)19(12-13-20-4)14-17-8-6-16(7-9-17)10-11-18-3/h6-9,15,18H,5,10-14H2,1-4H3. The van der Waals surface area contributed by atoms with Gasteiger partial charge >= 0.3 is 0 Å². The molecule has 0 amide bonds. The van der Waals surface area contributed by atoms with Crippen molar-refractivity contribution in [1.29, 1.82) is 0 Å². The van der Waals surface area contributed by atoms with Gasteiger partial charge in [-0.05, 0) is 44.5 Å². The number of likely N-dealkylation sites (N-methyl/N-ethyl adjacent to an activating group) is 1. The Bertz CT molecular complexity index is 351. The van der Waals surface area contributed by atoms with Crippen LogP contribution >= 0.6 is 0 Å². The topological polar surface area (TPSA) is 24.5 Å². The zero-order chi connectivity index (χ0) is 14.8. The predicted molar refractivity (Wildman–Crippen MR) is 86.1 cm³/mol. The normalized spacial score (nSPS) is 12.8. The molecule has 1 unspecified atom stereocenters. The summed E-state index contributed by atoms with van der Waals surface area (Å²) >= 11 is 0. The van der Waals surface area contributed by atoms with Gasteiger partial charge in [0.05, 0.1) is 6.61 Å². The minimum Gasteiger partial charge on any atom is -0.383 e. The van der Waals surface area contributed by atoms with Gasteiger partial charge < -0.3 is 10.1 Å². The molecular formula is C17H30N2O. The molecule has 0 aromatic heterocycles. The summed E-state index contributed by atoms with van der Waals surface area (Å²) in [6.45, 7) is 8.36. The largest absolute Gasteiger partial charge is 0.383 e. The Labute approximate surface area is 124 Å². The molecule has 1 aromatic rings. The lowest BCUT2D eigenvalue weighted by Crippen LogP contribution is -2.34. The fourth-order valence-electron chi connectivity index (χ4n) is 2.24. The van der Waals surface area contributed by atoms with Crippen LogP contribution in [0.2, 0.25) is 0 Å². The average molecular weight is 278 g/mol. The number of hydrogen-bond acceptors (Lipinski definition) is 3. The monoisotopic (exact) mass is 278 g/mol. The van der Waals surface area contributed by atoms with E-state index in [1.54, 1.807) is 7.11 Å². The molecule has 0 saturated carbocycles. The van der Waals surface area contributed by atoms with Gasteiger partial charge in [-0.25, -0.2) is 0 Å². The third kappa shape index (κ3) is 6.04. The van der Waals surface area contributed by atoms with Crippen molar-refractivity contribution in [3.8, 4) is 0 Å². The zero-order valence-corrected chi connectivity index (χ0v) is 13.5. The van der Waals surface area contributed by atoms with Crippen LogP contribution in [0.5, 0.6) is 0 Å². The molecule has 20 heavy (non-hydrogen) atoms. The van der Waals surface area contributed by atoms with Gasteiger partial charge in [-0.1, -0.05) is 31.2 Å². The van der Waals surface area contributed by atoms with Crippen molar-refractivity contribution in [2.75, 3.05) is 33.9 Å². The minimum atomic E-state index is 0.592. The van der Waals surface area contributed by atoms with Crippen molar-refractivity contribution in [3.63, 3.8) is 0 Å². The number of hydrogen-bond donors (Lipinski definition) is 1.